The van der Waals surface area contributed by atoms with Crippen LogP contribution in [0, 0.1) is 5.82 Å². The van der Waals surface area contributed by atoms with Crippen molar-refractivity contribution in [1.29, 1.82) is 0 Å². The largest absolute Gasteiger partial charge is 0.497 e. The molecule has 2 rings (SSSR count). The molecule has 3 N–H and O–H groups in total. The van der Waals surface area contributed by atoms with E-state index in [0.29, 0.717) is 11.5 Å². The van der Waals surface area contributed by atoms with Crippen molar-refractivity contribution in [2.75, 3.05) is 12.4 Å². The number of hydrogen-bond donors (Lipinski definition) is 2. The first-order valence-corrected chi connectivity index (χ1v) is 5.57. The van der Waals surface area contributed by atoms with Gasteiger partial charge in [0.25, 0.3) is 5.91 Å². The number of nitrogens with two attached hydrogens (primary N) is 1. The molecule has 0 saturated heterocycles. The molecule has 0 bridgehead atoms. The molecule has 0 fully saturated rings. The van der Waals surface area contributed by atoms with Crippen molar-refractivity contribution in [2.45, 2.75) is 6.54 Å². The Kier molecular flexibility index (Phi) is 3.82. The van der Waals surface area contributed by atoms with E-state index in [0.717, 1.165) is 0 Å². The van der Waals surface area contributed by atoms with Gasteiger partial charge in [-0.3, -0.25) is 4.79 Å². The molecule has 6 heteroatoms. The fourth-order valence-electron chi connectivity index (χ4n) is 1.52. The number of methoxy groups -OCH3 is 1. The predicted octanol–water partition coefficient (Wildman–Crippen LogP) is 2.14. The van der Waals surface area contributed by atoms with E-state index in [9.17, 15) is 9.18 Å². The van der Waals surface area contributed by atoms with Gasteiger partial charge in [-0.1, -0.05) is 0 Å². The summed E-state index contributed by atoms with van der Waals surface area (Å²) in [5.74, 6) is -0.107. The van der Waals surface area contributed by atoms with Gasteiger partial charge < -0.3 is 20.2 Å². The SMILES string of the molecule is COc1ccc(F)c(NC(=O)c2ccc(CN)o2)c1. The van der Waals surface area contributed by atoms with Crippen molar-refractivity contribution >= 4 is 11.6 Å². The molecule has 0 aliphatic heterocycles. The van der Waals surface area contributed by atoms with Crippen molar-refractivity contribution in [2.24, 2.45) is 5.73 Å². The Morgan fingerprint density at radius 1 is 1.42 bits per heavy atom. The summed E-state index contributed by atoms with van der Waals surface area (Å²) in [6.45, 7) is 0.195. The summed E-state index contributed by atoms with van der Waals surface area (Å²) in [5.41, 5.74) is 5.40. The smallest absolute Gasteiger partial charge is 0.291 e. The monoisotopic (exact) mass is 264 g/mol. The van der Waals surface area contributed by atoms with E-state index in [1.54, 1.807) is 6.07 Å². The van der Waals surface area contributed by atoms with E-state index in [1.165, 1.54) is 31.4 Å². The molecule has 100 valence electrons. The fraction of sp³-hybridized carbons (Fsp3) is 0.154. The lowest BCUT2D eigenvalue weighted by Gasteiger charge is -2.07. The van der Waals surface area contributed by atoms with Gasteiger partial charge in [0.1, 0.15) is 17.3 Å². The van der Waals surface area contributed by atoms with Crippen LogP contribution in [-0.2, 0) is 6.54 Å². The lowest BCUT2D eigenvalue weighted by molar-refractivity contribution is 0.0994. The standard InChI is InChI=1S/C13H13FN2O3/c1-18-8-2-4-10(14)11(6-8)16-13(17)12-5-3-9(7-15)19-12/h2-6H,7,15H2,1H3,(H,16,17). The lowest BCUT2D eigenvalue weighted by Crippen LogP contribution is -2.12. The Balaban J connectivity index is 2.18. The molecule has 1 aromatic heterocycles. The topological polar surface area (TPSA) is 77.5 Å². The van der Waals surface area contributed by atoms with E-state index >= 15 is 0 Å². The average molecular weight is 264 g/mol. The van der Waals surface area contributed by atoms with Gasteiger partial charge >= 0.3 is 0 Å². The van der Waals surface area contributed by atoms with Crippen molar-refractivity contribution in [3.05, 3.63) is 47.7 Å². The van der Waals surface area contributed by atoms with Gasteiger partial charge in [0.2, 0.25) is 0 Å². The van der Waals surface area contributed by atoms with Crippen LogP contribution in [0.15, 0.2) is 34.7 Å². The second-order valence-corrected chi connectivity index (χ2v) is 3.77. The summed E-state index contributed by atoms with van der Waals surface area (Å²) < 4.78 is 23.7. The minimum absolute atomic E-state index is 0.0232. The maximum absolute atomic E-state index is 13.5. The number of benzene rings is 1. The minimum atomic E-state index is -0.556. The van der Waals surface area contributed by atoms with Gasteiger partial charge in [0.05, 0.1) is 19.3 Å². The zero-order valence-corrected chi connectivity index (χ0v) is 10.3. The number of amides is 1. The number of nitrogens with one attached hydrogen (secondary N) is 1. The quantitative estimate of drug-likeness (QED) is 0.886. The van der Waals surface area contributed by atoms with E-state index in [-0.39, 0.29) is 18.0 Å². The summed E-state index contributed by atoms with van der Waals surface area (Å²) in [6.07, 6.45) is 0. The van der Waals surface area contributed by atoms with Gasteiger partial charge in [-0.25, -0.2) is 4.39 Å². The molecule has 0 radical (unpaired) electrons. The molecule has 2 aromatic rings. The number of halogens is 1. The van der Waals surface area contributed by atoms with Crippen molar-refractivity contribution < 1.29 is 18.3 Å². The van der Waals surface area contributed by atoms with Gasteiger partial charge in [0, 0.05) is 6.07 Å². The van der Waals surface area contributed by atoms with Crippen LogP contribution in [0.4, 0.5) is 10.1 Å². The fourth-order valence-corrected chi connectivity index (χ4v) is 1.52. The summed E-state index contributed by atoms with van der Waals surface area (Å²) in [7, 11) is 1.46. The zero-order chi connectivity index (χ0) is 13.8. The van der Waals surface area contributed by atoms with Crippen LogP contribution in [0.2, 0.25) is 0 Å². The normalized spacial score (nSPS) is 10.3. The van der Waals surface area contributed by atoms with Crippen LogP contribution in [0.5, 0.6) is 5.75 Å². The second-order valence-electron chi connectivity index (χ2n) is 3.77. The molecular formula is C13H13FN2O3. The second kappa shape index (κ2) is 5.53. The van der Waals surface area contributed by atoms with Crippen molar-refractivity contribution in [3.63, 3.8) is 0 Å². The third-order valence-electron chi connectivity index (χ3n) is 2.51. The highest BCUT2D eigenvalue weighted by molar-refractivity contribution is 6.02. The van der Waals surface area contributed by atoms with Gasteiger partial charge in [-0.2, -0.15) is 0 Å². The molecule has 5 nitrogen and oxygen atoms in total. The highest BCUT2D eigenvalue weighted by Gasteiger charge is 2.13. The maximum atomic E-state index is 13.5. The highest BCUT2D eigenvalue weighted by Crippen LogP contribution is 2.22. The number of furan rings is 1. The summed E-state index contributed by atoms with van der Waals surface area (Å²) in [5, 5.41) is 2.41. The van der Waals surface area contributed by atoms with Gasteiger partial charge in [-0.05, 0) is 24.3 Å². The Morgan fingerprint density at radius 2 is 2.21 bits per heavy atom. The maximum Gasteiger partial charge on any atom is 0.291 e. The van der Waals surface area contributed by atoms with Crippen molar-refractivity contribution in [3.8, 4) is 5.75 Å². The molecule has 0 saturated carbocycles. The number of carbonyl (C=O) groups excluding carboxylic acids is 1. The van der Waals surface area contributed by atoms with Crippen LogP contribution >= 0.6 is 0 Å². The third kappa shape index (κ3) is 2.92. The van der Waals surface area contributed by atoms with Crippen LogP contribution in [0.1, 0.15) is 16.3 Å². The van der Waals surface area contributed by atoms with E-state index in [4.69, 9.17) is 14.9 Å². The lowest BCUT2D eigenvalue weighted by atomic mass is 10.2. The molecular weight excluding hydrogens is 251 g/mol. The highest BCUT2D eigenvalue weighted by atomic mass is 19.1. The minimum Gasteiger partial charge on any atom is -0.497 e. The number of anilines is 1. The molecule has 0 atom stereocenters. The summed E-state index contributed by atoms with van der Waals surface area (Å²) >= 11 is 0. The molecule has 0 unspecified atom stereocenters. The Labute approximate surface area is 109 Å². The average Bonchev–Trinajstić information content (AvgIpc) is 2.90. The molecule has 0 aliphatic carbocycles. The van der Waals surface area contributed by atoms with Crippen LogP contribution < -0.4 is 15.8 Å². The van der Waals surface area contributed by atoms with E-state index in [2.05, 4.69) is 5.32 Å². The zero-order valence-electron chi connectivity index (χ0n) is 10.3. The van der Waals surface area contributed by atoms with Crippen molar-refractivity contribution in [1.82, 2.24) is 0 Å². The van der Waals surface area contributed by atoms with Crippen LogP contribution in [0.25, 0.3) is 0 Å². The molecule has 19 heavy (non-hydrogen) atoms. The number of carbonyl (C=O) groups is 1. The van der Waals surface area contributed by atoms with E-state index < -0.39 is 11.7 Å². The molecule has 1 amide bonds. The van der Waals surface area contributed by atoms with Crippen LogP contribution in [0.3, 0.4) is 0 Å². The van der Waals surface area contributed by atoms with Gasteiger partial charge in [0.15, 0.2) is 5.76 Å². The number of ether oxygens (including phenoxy) is 1. The number of rotatable bonds is 4. The summed E-state index contributed by atoms with van der Waals surface area (Å²) in [4.78, 5) is 11.8. The summed E-state index contributed by atoms with van der Waals surface area (Å²) in [6, 6.07) is 7.14. The number of hydrogen-bond acceptors (Lipinski definition) is 4. The molecule has 1 heterocycles. The Hall–Kier alpha value is -2.34. The first-order chi connectivity index (χ1) is 9.13. The first-order valence-electron chi connectivity index (χ1n) is 5.57. The Morgan fingerprint density at radius 3 is 2.84 bits per heavy atom. The molecule has 1 aromatic carbocycles. The van der Waals surface area contributed by atoms with Gasteiger partial charge in [-0.15, -0.1) is 0 Å². The predicted molar refractivity (Wildman–Crippen MR) is 67.5 cm³/mol. The first kappa shape index (κ1) is 13.1. The molecule has 0 aliphatic rings. The third-order valence-corrected chi connectivity index (χ3v) is 2.51. The Bertz CT molecular complexity index is 595. The van der Waals surface area contributed by atoms with E-state index in [1.807, 2.05) is 0 Å². The molecule has 0 spiro atoms. The van der Waals surface area contributed by atoms with Crippen LogP contribution in [-0.4, -0.2) is 13.0 Å².